The molecule has 1 aromatic heterocycles. The van der Waals surface area contributed by atoms with Crippen molar-refractivity contribution < 1.29 is 18.8 Å². The fraction of sp³-hybridized carbons (Fsp3) is 0.450. The van der Waals surface area contributed by atoms with Crippen LogP contribution in [0.1, 0.15) is 32.1 Å². The molecule has 28 heavy (non-hydrogen) atoms. The summed E-state index contributed by atoms with van der Waals surface area (Å²) < 4.78 is 20.0. The summed E-state index contributed by atoms with van der Waals surface area (Å²) in [5.74, 6) is 0.0736. The fourth-order valence-electron chi connectivity index (χ4n) is 4.27. The van der Waals surface area contributed by atoms with Gasteiger partial charge in [0, 0.05) is 5.56 Å². The predicted molar refractivity (Wildman–Crippen MR) is 102 cm³/mol. The minimum atomic E-state index is -0.743. The number of halogens is 2. The first-order valence-corrected chi connectivity index (χ1v) is 9.77. The number of nitrogens with one attached hydrogen (secondary N) is 1. The average Bonchev–Trinajstić information content (AvgIpc) is 2.74. The highest BCUT2D eigenvalue weighted by Crippen LogP contribution is 2.45. The molecule has 2 aromatic rings. The topological polar surface area (TPSA) is 73.3 Å². The van der Waals surface area contributed by atoms with E-state index in [1.54, 1.807) is 31.4 Å². The van der Waals surface area contributed by atoms with Crippen molar-refractivity contribution in [2.45, 2.75) is 32.1 Å². The second-order valence-electron chi connectivity index (χ2n) is 7.38. The van der Waals surface area contributed by atoms with Crippen molar-refractivity contribution in [3.8, 4) is 17.0 Å². The van der Waals surface area contributed by atoms with Crippen LogP contribution in [0.15, 0.2) is 24.3 Å². The molecule has 148 valence electrons. The third kappa shape index (κ3) is 3.76. The predicted octanol–water partition coefficient (Wildman–Crippen LogP) is 4.64. The van der Waals surface area contributed by atoms with Crippen molar-refractivity contribution in [2.24, 2.45) is 17.8 Å². The molecular weight excluding hydrogens is 385 g/mol. The van der Waals surface area contributed by atoms with Crippen LogP contribution in [0.2, 0.25) is 5.28 Å². The Morgan fingerprint density at radius 2 is 1.89 bits per heavy atom. The number of ether oxygens (including phenoxy) is 1. The molecule has 3 aliphatic carbocycles. The van der Waals surface area contributed by atoms with Crippen LogP contribution in [0.5, 0.6) is 5.75 Å². The highest BCUT2D eigenvalue weighted by atomic mass is 35.5. The Morgan fingerprint density at radius 3 is 2.50 bits per heavy atom. The molecule has 1 heterocycles. The molecule has 3 aliphatic rings. The van der Waals surface area contributed by atoms with Gasteiger partial charge in [-0.2, -0.15) is 10.5 Å². The van der Waals surface area contributed by atoms with Gasteiger partial charge in [0.05, 0.1) is 13.0 Å². The number of carbonyl (C=O) groups excluding carboxylic acids is 1. The second kappa shape index (κ2) is 7.91. The van der Waals surface area contributed by atoms with Gasteiger partial charge in [0.25, 0.3) is 0 Å². The summed E-state index contributed by atoms with van der Waals surface area (Å²) in [6.07, 6.45) is 5.32. The lowest BCUT2D eigenvalue weighted by molar-refractivity contribution is -0.151. The SMILES string of the molecule is COc1ccc(-c2nc(Cl)nc(NOC(=O)C3CC4CCC3CC4)c2F)cc1. The molecule has 3 saturated carbocycles. The standard InChI is InChI=1S/C20H21ClFN3O3/c1-27-14-8-6-13(7-9-14)17-16(22)18(24-20(21)23-17)25-28-19(26)15-10-11-2-4-12(15)5-3-11/h6-9,11-12,15H,2-5,10H2,1H3,(H,23,24,25). The van der Waals surface area contributed by atoms with Gasteiger partial charge in [0.15, 0.2) is 5.82 Å². The molecule has 0 saturated heterocycles. The molecule has 6 nitrogen and oxygen atoms in total. The van der Waals surface area contributed by atoms with Crippen LogP contribution in [0.4, 0.5) is 10.2 Å². The quantitative estimate of drug-likeness (QED) is 0.577. The first-order chi connectivity index (χ1) is 13.5. The number of hydrogen-bond acceptors (Lipinski definition) is 6. The molecule has 2 bridgehead atoms. The van der Waals surface area contributed by atoms with E-state index in [2.05, 4.69) is 15.4 Å². The Labute approximate surface area is 167 Å². The summed E-state index contributed by atoms with van der Waals surface area (Å²) in [6.45, 7) is 0. The molecular formula is C20H21ClFN3O3. The summed E-state index contributed by atoms with van der Waals surface area (Å²) in [5.41, 5.74) is 2.87. The van der Waals surface area contributed by atoms with E-state index in [1.807, 2.05) is 0 Å². The largest absolute Gasteiger partial charge is 0.497 e. The first kappa shape index (κ1) is 18.9. The van der Waals surface area contributed by atoms with Gasteiger partial charge in [0.1, 0.15) is 11.4 Å². The highest BCUT2D eigenvalue weighted by molar-refractivity contribution is 6.28. The van der Waals surface area contributed by atoms with E-state index in [9.17, 15) is 9.18 Å². The minimum Gasteiger partial charge on any atom is -0.497 e. The normalized spacial score (nSPS) is 23.3. The van der Waals surface area contributed by atoms with Gasteiger partial charge in [-0.3, -0.25) is 0 Å². The number of benzene rings is 1. The van der Waals surface area contributed by atoms with Crippen LogP contribution in [0, 0.1) is 23.6 Å². The van der Waals surface area contributed by atoms with E-state index in [0.717, 1.165) is 19.3 Å². The summed E-state index contributed by atoms with van der Waals surface area (Å²) in [5, 5.41) is -0.150. The number of hydrogen-bond donors (Lipinski definition) is 1. The van der Waals surface area contributed by atoms with E-state index < -0.39 is 5.82 Å². The van der Waals surface area contributed by atoms with E-state index >= 15 is 0 Å². The number of anilines is 1. The number of aromatic nitrogens is 2. The Hall–Kier alpha value is -2.41. The van der Waals surface area contributed by atoms with E-state index in [0.29, 0.717) is 23.1 Å². The second-order valence-corrected chi connectivity index (χ2v) is 7.72. The Kier molecular flexibility index (Phi) is 5.35. The van der Waals surface area contributed by atoms with Crippen LogP contribution in [0.25, 0.3) is 11.3 Å². The van der Waals surface area contributed by atoms with Gasteiger partial charge in [-0.25, -0.2) is 14.2 Å². The molecule has 1 atom stereocenters. The maximum absolute atomic E-state index is 14.9. The molecule has 8 heteroatoms. The third-order valence-electron chi connectivity index (χ3n) is 5.79. The molecule has 1 N–H and O–H groups in total. The maximum atomic E-state index is 14.9. The summed E-state index contributed by atoms with van der Waals surface area (Å²) in [4.78, 5) is 25.5. The lowest BCUT2D eigenvalue weighted by Crippen LogP contribution is -2.37. The van der Waals surface area contributed by atoms with Crippen LogP contribution in [-0.4, -0.2) is 23.0 Å². The minimum absolute atomic E-state index is 0.0120. The zero-order valence-electron chi connectivity index (χ0n) is 15.5. The van der Waals surface area contributed by atoms with E-state index in [-0.39, 0.29) is 28.7 Å². The number of methoxy groups -OCH3 is 1. The summed E-state index contributed by atoms with van der Waals surface area (Å²) in [7, 11) is 1.55. The first-order valence-electron chi connectivity index (χ1n) is 9.39. The van der Waals surface area contributed by atoms with Gasteiger partial charge in [0.2, 0.25) is 11.1 Å². The van der Waals surface area contributed by atoms with Crippen LogP contribution in [0.3, 0.4) is 0 Å². The zero-order valence-corrected chi connectivity index (χ0v) is 16.2. The third-order valence-corrected chi connectivity index (χ3v) is 5.96. The number of carbonyl (C=O) groups is 1. The zero-order chi connectivity index (χ0) is 19.7. The smallest absolute Gasteiger partial charge is 0.335 e. The van der Waals surface area contributed by atoms with E-state index in [4.69, 9.17) is 21.2 Å². The average molecular weight is 406 g/mol. The lowest BCUT2D eigenvalue weighted by atomic mass is 9.65. The molecule has 1 unspecified atom stereocenters. The number of nitrogens with zero attached hydrogens (tertiary/aromatic N) is 2. The molecule has 0 amide bonds. The Balaban J connectivity index is 1.50. The van der Waals surface area contributed by atoms with E-state index in [1.165, 1.54) is 12.8 Å². The van der Waals surface area contributed by atoms with Gasteiger partial charge in [-0.1, -0.05) is 12.8 Å². The summed E-state index contributed by atoms with van der Waals surface area (Å²) >= 11 is 5.95. The Bertz CT molecular complexity index is 870. The number of fused-ring (bicyclic) bond motifs is 3. The Morgan fingerprint density at radius 1 is 1.18 bits per heavy atom. The molecule has 1 aromatic carbocycles. The van der Waals surface area contributed by atoms with Crippen LogP contribution in [-0.2, 0) is 9.63 Å². The van der Waals surface area contributed by atoms with Crippen molar-refractivity contribution >= 4 is 23.4 Å². The van der Waals surface area contributed by atoms with Crippen LogP contribution >= 0.6 is 11.6 Å². The monoisotopic (exact) mass is 405 g/mol. The van der Waals surface area contributed by atoms with Crippen molar-refractivity contribution in [3.63, 3.8) is 0 Å². The number of rotatable bonds is 5. The van der Waals surface area contributed by atoms with Gasteiger partial charge in [-0.15, -0.1) is 0 Å². The van der Waals surface area contributed by atoms with Gasteiger partial charge >= 0.3 is 5.97 Å². The lowest BCUT2D eigenvalue weighted by Gasteiger charge is -2.40. The van der Waals surface area contributed by atoms with Crippen molar-refractivity contribution in [2.75, 3.05) is 12.6 Å². The molecule has 0 aliphatic heterocycles. The highest BCUT2D eigenvalue weighted by Gasteiger charge is 2.40. The van der Waals surface area contributed by atoms with Crippen LogP contribution < -0.4 is 10.2 Å². The molecule has 3 fully saturated rings. The molecule has 0 radical (unpaired) electrons. The van der Waals surface area contributed by atoms with Crippen molar-refractivity contribution in [3.05, 3.63) is 35.4 Å². The van der Waals surface area contributed by atoms with Gasteiger partial charge in [-0.05, 0) is 67.0 Å². The fourth-order valence-corrected chi connectivity index (χ4v) is 4.44. The van der Waals surface area contributed by atoms with Crippen molar-refractivity contribution in [1.82, 2.24) is 9.97 Å². The molecule has 5 rings (SSSR count). The summed E-state index contributed by atoms with van der Waals surface area (Å²) in [6, 6.07) is 6.70. The van der Waals surface area contributed by atoms with Gasteiger partial charge < -0.3 is 9.57 Å². The van der Waals surface area contributed by atoms with Crippen molar-refractivity contribution in [1.29, 1.82) is 0 Å². The molecule has 0 spiro atoms. The maximum Gasteiger partial charge on any atom is 0.335 e.